The van der Waals surface area contributed by atoms with Crippen molar-refractivity contribution in [3.05, 3.63) is 59.9 Å². The summed E-state index contributed by atoms with van der Waals surface area (Å²) in [5.41, 5.74) is 1.12. The van der Waals surface area contributed by atoms with Gasteiger partial charge in [-0.3, -0.25) is 9.00 Å². The van der Waals surface area contributed by atoms with Gasteiger partial charge in [-0.15, -0.1) is 0 Å². The van der Waals surface area contributed by atoms with Gasteiger partial charge in [0.25, 0.3) is 0 Å². The third kappa shape index (κ3) is 3.96. The Morgan fingerprint density at radius 1 is 1.26 bits per heavy atom. The molecule has 0 aliphatic carbocycles. The van der Waals surface area contributed by atoms with Crippen molar-refractivity contribution < 1.29 is 18.1 Å². The molecule has 3 rings (SSSR count). The number of carbonyl (C=O) groups excluding carboxylic acids is 1. The number of carbonyl (C=O) groups is 1. The Kier molecular flexibility index (Phi) is 4.71. The average Bonchev–Trinajstić information content (AvgIpc) is 2.96. The molecule has 1 aliphatic heterocycles. The first kappa shape index (κ1) is 15.7. The zero-order valence-corrected chi connectivity index (χ0v) is 13.1. The Morgan fingerprint density at radius 3 is 2.87 bits per heavy atom. The number of hydrogen-bond donors (Lipinski definition) is 1. The molecule has 0 unspecified atom stereocenters. The highest BCUT2D eigenvalue weighted by Gasteiger charge is 2.23. The Labute approximate surface area is 136 Å². The number of amides is 1. The largest absolute Gasteiger partial charge is 0.488 e. The fourth-order valence-electron chi connectivity index (χ4n) is 2.46. The molecule has 4 nitrogen and oxygen atoms in total. The van der Waals surface area contributed by atoms with E-state index in [0.29, 0.717) is 11.4 Å². The highest BCUT2D eigenvalue weighted by molar-refractivity contribution is 7.85. The minimum absolute atomic E-state index is 0.112. The van der Waals surface area contributed by atoms with Crippen LogP contribution in [0, 0.1) is 5.82 Å². The lowest BCUT2D eigenvalue weighted by molar-refractivity contribution is -0.118. The molecule has 0 aromatic heterocycles. The van der Waals surface area contributed by atoms with Crippen LogP contribution in [-0.4, -0.2) is 28.5 Å². The van der Waals surface area contributed by atoms with Crippen LogP contribution in [0.1, 0.15) is 5.56 Å². The molecule has 0 fully saturated rings. The summed E-state index contributed by atoms with van der Waals surface area (Å²) in [5, 5.41) is 2.72. The molecule has 0 radical (unpaired) electrons. The first-order valence-corrected chi connectivity index (χ1v) is 8.59. The molecule has 1 N–H and O–H groups in total. The Hall–Kier alpha value is -2.21. The second kappa shape index (κ2) is 6.91. The van der Waals surface area contributed by atoms with E-state index in [9.17, 15) is 13.4 Å². The molecule has 6 heteroatoms. The summed E-state index contributed by atoms with van der Waals surface area (Å²) in [6.45, 7) is 0.355. The zero-order valence-electron chi connectivity index (χ0n) is 12.3. The Balaban J connectivity index is 1.48. The highest BCUT2D eigenvalue weighted by atomic mass is 32.2. The SMILES string of the molecule is O=C(C[S@@](=O)c1cccc(F)c1)NC[C@@H]1Cc2ccccc2O1. The van der Waals surface area contributed by atoms with Gasteiger partial charge in [-0.05, 0) is 29.8 Å². The van der Waals surface area contributed by atoms with Gasteiger partial charge in [0.05, 0.1) is 17.3 Å². The van der Waals surface area contributed by atoms with E-state index in [1.54, 1.807) is 6.07 Å². The van der Waals surface area contributed by atoms with E-state index < -0.39 is 16.6 Å². The van der Waals surface area contributed by atoms with Crippen LogP contribution in [0.2, 0.25) is 0 Å². The molecular formula is C17H16FNO3S. The molecule has 1 aliphatic rings. The van der Waals surface area contributed by atoms with E-state index in [2.05, 4.69) is 5.32 Å². The van der Waals surface area contributed by atoms with Crippen LogP contribution < -0.4 is 10.1 Å². The summed E-state index contributed by atoms with van der Waals surface area (Å²) in [5.74, 6) is -0.154. The second-order valence-electron chi connectivity index (χ2n) is 5.30. The number of benzene rings is 2. The molecule has 2 aromatic rings. The molecule has 2 atom stereocenters. The van der Waals surface area contributed by atoms with Crippen molar-refractivity contribution in [1.29, 1.82) is 0 Å². The number of rotatable bonds is 5. The van der Waals surface area contributed by atoms with Crippen molar-refractivity contribution in [2.75, 3.05) is 12.3 Å². The monoisotopic (exact) mass is 333 g/mol. The van der Waals surface area contributed by atoms with Gasteiger partial charge >= 0.3 is 0 Å². The minimum Gasteiger partial charge on any atom is -0.488 e. The summed E-state index contributed by atoms with van der Waals surface area (Å²) in [7, 11) is -1.56. The van der Waals surface area contributed by atoms with Crippen molar-refractivity contribution in [2.24, 2.45) is 0 Å². The van der Waals surface area contributed by atoms with E-state index in [0.717, 1.165) is 17.7 Å². The van der Waals surface area contributed by atoms with Gasteiger partial charge in [-0.2, -0.15) is 0 Å². The predicted molar refractivity (Wildman–Crippen MR) is 85.2 cm³/mol. The van der Waals surface area contributed by atoms with Crippen molar-refractivity contribution in [3.63, 3.8) is 0 Å². The summed E-state index contributed by atoms with van der Waals surface area (Å²) >= 11 is 0. The van der Waals surface area contributed by atoms with Crippen LogP contribution in [0.3, 0.4) is 0 Å². The quantitative estimate of drug-likeness (QED) is 0.911. The number of nitrogens with one attached hydrogen (secondary N) is 1. The minimum atomic E-state index is -1.56. The van der Waals surface area contributed by atoms with E-state index >= 15 is 0 Å². The summed E-state index contributed by atoms with van der Waals surface area (Å²) in [6.07, 6.45) is 0.627. The van der Waals surface area contributed by atoms with Crippen molar-refractivity contribution in [2.45, 2.75) is 17.4 Å². The number of fused-ring (bicyclic) bond motifs is 1. The average molecular weight is 333 g/mol. The first-order valence-electron chi connectivity index (χ1n) is 7.27. The zero-order chi connectivity index (χ0) is 16.2. The van der Waals surface area contributed by atoms with Crippen LogP contribution in [0.5, 0.6) is 5.75 Å². The summed E-state index contributed by atoms with van der Waals surface area (Å²) in [4.78, 5) is 12.2. The van der Waals surface area contributed by atoms with Crippen molar-refractivity contribution >= 4 is 16.7 Å². The number of para-hydroxylation sites is 1. The maximum atomic E-state index is 13.1. The molecule has 2 aromatic carbocycles. The van der Waals surface area contributed by atoms with Gasteiger partial charge in [0.15, 0.2) is 0 Å². The van der Waals surface area contributed by atoms with Crippen LogP contribution in [0.15, 0.2) is 53.4 Å². The molecule has 23 heavy (non-hydrogen) atoms. The number of halogens is 1. The molecule has 1 amide bonds. The van der Waals surface area contributed by atoms with Crippen LogP contribution in [-0.2, 0) is 22.0 Å². The van der Waals surface area contributed by atoms with Gasteiger partial charge < -0.3 is 10.1 Å². The van der Waals surface area contributed by atoms with Gasteiger partial charge in [0.1, 0.15) is 23.4 Å². The first-order chi connectivity index (χ1) is 11.1. The van der Waals surface area contributed by atoms with E-state index in [4.69, 9.17) is 4.74 Å². The topological polar surface area (TPSA) is 55.4 Å². The highest BCUT2D eigenvalue weighted by Crippen LogP contribution is 2.27. The smallest absolute Gasteiger partial charge is 0.233 e. The fourth-order valence-corrected chi connectivity index (χ4v) is 3.44. The maximum absolute atomic E-state index is 13.1. The molecule has 1 heterocycles. The molecular weight excluding hydrogens is 317 g/mol. The van der Waals surface area contributed by atoms with Crippen LogP contribution in [0.25, 0.3) is 0 Å². The van der Waals surface area contributed by atoms with E-state index in [1.165, 1.54) is 18.2 Å². The lowest BCUT2D eigenvalue weighted by Crippen LogP contribution is -2.36. The Morgan fingerprint density at radius 2 is 2.09 bits per heavy atom. The summed E-state index contributed by atoms with van der Waals surface area (Å²) in [6, 6.07) is 13.2. The number of hydrogen-bond acceptors (Lipinski definition) is 3. The molecule has 120 valence electrons. The standard InChI is InChI=1S/C17H16FNO3S/c18-13-5-3-6-15(9-13)23(21)11-17(20)19-10-14-8-12-4-1-2-7-16(12)22-14/h1-7,9,14H,8,10-11H2,(H,19,20)/t14-,23+/m0/s1. The lowest BCUT2D eigenvalue weighted by Gasteiger charge is -2.12. The molecule has 0 saturated heterocycles. The molecule has 0 bridgehead atoms. The van der Waals surface area contributed by atoms with Gasteiger partial charge in [-0.1, -0.05) is 24.3 Å². The van der Waals surface area contributed by atoms with Gasteiger partial charge in [0.2, 0.25) is 5.91 Å². The third-order valence-electron chi connectivity index (χ3n) is 3.56. The van der Waals surface area contributed by atoms with Crippen molar-refractivity contribution in [3.8, 4) is 5.75 Å². The van der Waals surface area contributed by atoms with Crippen LogP contribution in [0.4, 0.5) is 4.39 Å². The normalized spacial score (nSPS) is 17.2. The maximum Gasteiger partial charge on any atom is 0.233 e. The second-order valence-corrected chi connectivity index (χ2v) is 6.75. The Bertz CT molecular complexity index is 725. The van der Waals surface area contributed by atoms with Crippen molar-refractivity contribution in [1.82, 2.24) is 5.32 Å². The van der Waals surface area contributed by atoms with E-state index in [-0.39, 0.29) is 17.8 Å². The molecule has 0 saturated carbocycles. The fraction of sp³-hybridized carbons (Fsp3) is 0.235. The molecule has 0 spiro atoms. The summed E-state index contributed by atoms with van der Waals surface area (Å²) < 4.78 is 30.9. The number of ether oxygens (including phenoxy) is 1. The lowest BCUT2D eigenvalue weighted by atomic mass is 10.1. The van der Waals surface area contributed by atoms with Gasteiger partial charge in [-0.25, -0.2) is 4.39 Å². The van der Waals surface area contributed by atoms with E-state index in [1.807, 2.05) is 24.3 Å². The predicted octanol–water partition coefficient (Wildman–Crippen LogP) is 2.05. The third-order valence-corrected chi connectivity index (χ3v) is 4.87. The van der Waals surface area contributed by atoms with Gasteiger partial charge in [0, 0.05) is 11.3 Å². The van der Waals surface area contributed by atoms with Crippen LogP contribution >= 0.6 is 0 Å².